The molecular formula is C21H20F3N7O. The van der Waals surface area contributed by atoms with E-state index in [9.17, 15) is 18.0 Å². The topological polar surface area (TPSA) is 100 Å². The number of likely N-dealkylation sites (N-methyl/N-ethyl adjacent to an activating group) is 1. The summed E-state index contributed by atoms with van der Waals surface area (Å²) in [4.78, 5) is 20.2. The lowest BCUT2D eigenvalue weighted by atomic mass is 10.0. The molecule has 0 radical (unpaired) electrons. The van der Waals surface area contributed by atoms with Crippen molar-refractivity contribution in [3.8, 4) is 11.1 Å². The highest BCUT2D eigenvalue weighted by molar-refractivity contribution is 6.01. The number of anilines is 3. The van der Waals surface area contributed by atoms with Crippen LogP contribution in [-0.4, -0.2) is 59.2 Å². The van der Waals surface area contributed by atoms with Crippen LogP contribution >= 0.6 is 0 Å². The van der Waals surface area contributed by atoms with E-state index in [1.165, 1.54) is 18.3 Å². The minimum atomic E-state index is -1.01. The second-order valence-electron chi connectivity index (χ2n) is 7.38. The molecule has 0 atom stereocenters. The molecule has 0 aliphatic carbocycles. The van der Waals surface area contributed by atoms with Crippen LogP contribution in [0.1, 0.15) is 10.5 Å². The standard InChI is InChI=1S/C21H20F3N7O/c1-30-5-7-31(8-6-30)12-9-16(24)21(26-10-12)28-18-13(11-27-29-19(18)20(25)32)17-14(22)3-2-4-15(17)23/h2-4,9-11H,5-8H2,1H3,(H2,25,32)(H,26,27,28). The number of hydrogen-bond donors (Lipinski definition) is 2. The number of pyridine rings is 1. The number of nitrogens with zero attached hydrogens (tertiary/aromatic N) is 5. The highest BCUT2D eigenvalue weighted by Gasteiger charge is 2.23. The van der Waals surface area contributed by atoms with Gasteiger partial charge in [0, 0.05) is 37.8 Å². The number of primary amides is 1. The Labute approximate surface area is 181 Å². The van der Waals surface area contributed by atoms with Crippen LogP contribution in [0.4, 0.5) is 30.4 Å². The van der Waals surface area contributed by atoms with E-state index in [4.69, 9.17) is 5.73 Å². The number of carbonyl (C=O) groups excluding carboxylic acids is 1. The van der Waals surface area contributed by atoms with E-state index in [0.717, 1.165) is 44.5 Å². The quantitative estimate of drug-likeness (QED) is 0.625. The Morgan fingerprint density at radius 1 is 1.06 bits per heavy atom. The molecule has 2 aromatic heterocycles. The van der Waals surface area contributed by atoms with Crippen LogP contribution in [-0.2, 0) is 0 Å². The van der Waals surface area contributed by atoms with Crippen LogP contribution in [0.5, 0.6) is 0 Å². The van der Waals surface area contributed by atoms with Gasteiger partial charge in [0.25, 0.3) is 5.91 Å². The highest BCUT2D eigenvalue weighted by Crippen LogP contribution is 2.35. The predicted molar refractivity (Wildman–Crippen MR) is 113 cm³/mol. The monoisotopic (exact) mass is 443 g/mol. The Kier molecular flexibility index (Phi) is 5.91. The maximum atomic E-state index is 14.9. The van der Waals surface area contributed by atoms with E-state index in [1.807, 2.05) is 11.9 Å². The Hall–Kier alpha value is -3.73. The Balaban J connectivity index is 1.73. The van der Waals surface area contributed by atoms with Crippen molar-refractivity contribution >= 4 is 23.1 Å². The van der Waals surface area contributed by atoms with Crippen LogP contribution in [0.2, 0.25) is 0 Å². The summed E-state index contributed by atoms with van der Waals surface area (Å²) in [6.07, 6.45) is 2.55. The molecule has 11 heteroatoms. The fraction of sp³-hybridized carbons (Fsp3) is 0.238. The summed E-state index contributed by atoms with van der Waals surface area (Å²) >= 11 is 0. The number of hydrogen-bond acceptors (Lipinski definition) is 7. The lowest BCUT2D eigenvalue weighted by Gasteiger charge is -2.33. The lowest BCUT2D eigenvalue weighted by molar-refractivity contribution is 0.0995. The number of nitrogens with one attached hydrogen (secondary N) is 1. The van der Waals surface area contributed by atoms with Crippen LogP contribution in [0.3, 0.4) is 0 Å². The van der Waals surface area contributed by atoms with E-state index in [1.54, 1.807) is 0 Å². The molecule has 1 aromatic carbocycles. The van der Waals surface area contributed by atoms with Gasteiger partial charge in [-0.1, -0.05) is 6.07 Å². The Morgan fingerprint density at radius 2 is 1.75 bits per heavy atom. The molecule has 0 spiro atoms. The van der Waals surface area contributed by atoms with E-state index in [0.29, 0.717) is 5.69 Å². The minimum Gasteiger partial charge on any atom is -0.368 e. The summed E-state index contributed by atoms with van der Waals surface area (Å²) in [5.41, 5.74) is 4.76. The third kappa shape index (κ3) is 4.19. The average molecular weight is 443 g/mol. The number of amides is 1. The van der Waals surface area contributed by atoms with Crippen LogP contribution in [0, 0.1) is 17.5 Å². The number of carbonyl (C=O) groups is 1. The minimum absolute atomic E-state index is 0.145. The molecule has 8 nitrogen and oxygen atoms in total. The summed E-state index contributed by atoms with van der Waals surface area (Å²) in [6.45, 7) is 3.12. The molecule has 1 amide bonds. The zero-order valence-electron chi connectivity index (χ0n) is 17.1. The molecule has 3 N–H and O–H groups in total. The van der Waals surface area contributed by atoms with Crippen LogP contribution < -0.4 is 16.0 Å². The molecular weight excluding hydrogens is 423 g/mol. The largest absolute Gasteiger partial charge is 0.368 e. The summed E-state index contributed by atoms with van der Waals surface area (Å²) in [7, 11) is 2.01. The van der Waals surface area contributed by atoms with Gasteiger partial charge >= 0.3 is 0 Å². The molecule has 3 heterocycles. The van der Waals surface area contributed by atoms with E-state index in [2.05, 4.69) is 25.4 Å². The molecule has 1 saturated heterocycles. The van der Waals surface area contributed by atoms with Gasteiger partial charge < -0.3 is 20.9 Å². The first-order valence-electron chi connectivity index (χ1n) is 9.81. The van der Waals surface area contributed by atoms with Crippen molar-refractivity contribution in [2.45, 2.75) is 0 Å². The fourth-order valence-electron chi connectivity index (χ4n) is 3.51. The maximum absolute atomic E-state index is 14.9. The smallest absolute Gasteiger partial charge is 0.271 e. The summed E-state index contributed by atoms with van der Waals surface area (Å²) < 4.78 is 43.8. The average Bonchev–Trinajstić information content (AvgIpc) is 2.76. The molecule has 1 aliphatic heterocycles. The number of nitrogens with two attached hydrogens (primary N) is 1. The highest BCUT2D eigenvalue weighted by atomic mass is 19.1. The number of halogens is 3. The van der Waals surface area contributed by atoms with Crippen molar-refractivity contribution in [3.05, 3.63) is 59.8 Å². The van der Waals surface area contributed by atoms with Crippen molar-refractivity contribution in [2.24, 2.45) is 5.73 Å². The van der Waals surface area contributed by atoms with Gasteiger partial charge in [-0.3, -0.25) is 4.79 Å². The van der Waals surface area contributed by atoms with Gasteiger partial charge in [-0.25, -0.2) is 18.2 Å². The summed E-state index contributed by atoms with van der Waals surface area (Å²) in [5, 5.41) is 9.91. The lowest BCUT2D eigenvalue weighted by Crippen LogP contribution is -2.44. The SMILES string of the molecule is CN1CCN(c2cnc(Nc3c(-c4c(F)cccc4F)cnnc3C(N)=O)c(F)c2)CC1. The van der Waals surface area contributed by atoms with Gasteiger partial charge in [-0.2, -0.15) is 5.10 Å². The van der Waals surface area contributed by atoms with Crippen LogP contribution in [0.15, 0.2) is 36.7 Å². The maximum Gasteiger partial charge on any atom is 0.271 e. The second-order valence-corrected chi connectivity index (χ2v) is 7.38. The molecule has 1 aliphatic rings. The van der Waals surface area contributed by atoms with Crippen molar-refractivity contribution in [2.75, 3.05) is 43.4 Å². The van der Waals surface area contributed by atoms with Crippen molar-refractivity contribution in [1.82, 2.24) is 20.1 Å². The number of piperazine rings is 1. The molecule has 0 saturated carbocycles. The van der Waals surface area contributed by atoms with Crippen molar-refractivity contribution < 1.29 is 18.0 Å². The van der Waals surface area contributed by atoms with E-state index in [-0.39, 0.29) is 17.1 Å². The Morgan fingerprint density at radius 3 is 2.38 bits per heavy atom. The molecule has 0 bridgehead atoms. The zero-order valence-corrected chi connectivity index (χ0v) is 17.1. The third-order valence-corrected chi connectivity index (χ3v) is 5.25. The van der Waals surface area contributed by atoms with Gasteiger partial charge in [0.2, 0.25) is 0 Å². The van der Waals surface area contributed by atoms with Crippen LogP contribution in [0.25, 0.3) is 11.1 Å². The molecule has 0 unspecified atom stereocenters. The predicted octanol–water partition coefficient (Wildman–Crippen LogP) is 2.55. The zero-order chi connectivity index (χ0) is 22.8. The first-order chi connectivity index (χ1) is 15.3. The second kappa shape index (κ2) is 8.79. The van der Waals surface area contributed by atoms with E-state index >= 15 is 0 Å². The molecule has 3 aromatic rings. The Bertz CT molecular complexity index is 1150. The summed E-state index contributed by atoms with van der Waals surface area (Å²) in [6, 6.07) is 4.61. The molecule has 4 rings (SSSR count). The van der Waals surface area contributed by atoms with Gasteiger partial charge in [-0.15, -0.1) is 5.10 Å². The van der Waals surface area contributed by atoms with E-state index < -0.39 is 34.6 Å². The number of benzene rings is 1. The molecule has 32 heavy (non-hydrogen) atoms. The fourth-order valence-corrected chi connectivity index (χ4v) is 3.51. The third-order valence-electron chi connectivity index (χ3n) is 5.25. The number of rotatable bonds is 5. The van der Waals surface area contributed by atoms with Gasteiger partial charge in [0.05, 0.1) is 29.3 Å². The van der Waals surface area contributed by atoms with Gasteiger partial charge in [0.15, 0.2) is 17.3 Å². The number of aromatic nitrogens is 3. The molecule has 1 fully saturated rings. The van der Waals surface area contributed by atoms with Gasteiger partial charge in [-0.05, 0) is 19.2 Å². The van der Waals surface area contributed by atoms with Gasteiger partial charge in [0.1, 0.15) is 11.6 Å². The first-order valence-corrected chi connectivity index (χ1v) is 9.81. The summed E-state index contributed by atoms with van der Waals surface area (Å²) in [5.74, 6) is -3.76. The normalized spacial score (nSPS) is 14.4. The molecule has 166 valence electrons. The van der Waals surface area contributed by atoms with Crippen molar-refractivity contribution in [1.29, 1.82) is 0 Å². The van der Waals surface area contributed by atoms with Crippen molar-refractivity contribution in [3.63, 3.8) is 0 Å². The first kappa shape index (κ1) is 21.5.